The van der Waals surface area contributed by atoms with Crippen LogP contribution in [0, 0.1) is 12.7 Å². The van der Waals surface area contributed by atoms with Crippen LogP contribution in [-0.4, -0.2) is 45.7 Å². The van der Waals surface area contributed by atoms with Gasteiger partial charge in [-0.25, -0.2) is 21.2 Å². The van der Waals surface area contributed by atoms with Crippen LogP contribution in [0.4, 0.5) is 4.39 Å². The van der Waals surface area contributed by atoms with Gasteiger partial charge in [-0.2, -0.15) is 0 Å². The van der Waals surface area contributed by atoms with Crippen molar-refractivity contribution < 1.29 is 21.2 Å². The molecule has 1 N–H and O–H groups in total. The molecule has 0 aromatic heterocycles. The summed E-state index contributed by atoms with van der Waals surface area (Å²) in [7, 11) is -7.21. The Kier molecular flexibility index (Phi) is 3.81. The second kappa shape index (κ2) is 5.28. The van der Waals surface area contributed by atoms with Crippen LogP contribution in [-0.2, 0) is 19.7 Å². The summed E-state index contributed by atoms with van der Waals surface area (Å²) in [5, 5.41) is 2.12. The minimum absolute atomic E-state index is 0.0175. The van der Waals surface area contributed by atoms with Crippen LogP contribution in [0.2, 0.25) is 0 Å². The van der Waals surface area contributed by atoms with E-state index >= 15 is 0 Å². The maximum absolute atomic E-state index is 13.3. The molecule has 122 valence electrons. The minimum atomic E-state index is -3.82. The molecule has 22 heavy (non-hydrogen) atoms. The molecule has 0 spiro atoms. The average molecular weight is 347 g/mol. The largest absolute Gasteiger partial charge is 0.309 e. The van der Waals surface area contributed by atoms with Gasteiger partial charge in [0.1, 0.15) is 5.82 Å². The van der Waals surface area contributed by atoms with Gasteiger partial charge in [0.2, 0.25) is 0 Å². The first-order valence-electron chi connectivity index (χ1n) is 7.15. The van der Waals surface area contributed by atoms with Crippen molar-refractivity contribution >= 4 is 19.7 Å². The molecule has 8 heteroatoms. The lowest BCUT2D eigenvalue weighted by molar-refractivity contribution is 0.524. The molecule has 1 aliphatic heterocycles. The smallest absolute Gasteiger partial charge is 0.183 e. The fourth-order valence-corrected chi connectivity index (χ4v) is 7.56. The van der Waals surface area contributed by atoms with Gasteiger partial charge in [0.05, 0.1) is 21.7 Å². The molecule has 5 nitrogen and oxygen atoms in total. The van der Waals surface area contributed by atoms with E-state index in [1.54, 1.807) is 0 Å². The fourth-order valence-electron chi connectivity index (χ4n) is 2.80. The summed E-state index contributed by atoms with van der Waals surface area (Å²) in [6, 6.07) is 3.20. The molecule has 1 saturated heterocycles. The number of sulfone groups is 2. The highest BCUT2D eigenvalue weighted by molar-refractivity contribution is 7.96. The number of aryl methyl sites for hydroxylation is 1. The van der Waals surface area contributed by atoms with E-state index in [0.717, 1.165) is 18.9 Å². The lowest BCUT2D eigenvalue weighted by Crippen LogP contribution is -2.44. The second-order valence-corrected chi connectivity index (χ2v) is 10.4. The predicted molar refractivity (Wildman–Crippen MR) is 80.7 cm³/mol. The number of hydrogen-bond acceptors (Lipinski definition) is 5. The number of benzene rings is 1. The Labute approximate surface area is 129 Å². The standard InChI is InChI=1S/C14H18FNO4S2/c1-9-6-11(4-5-12(9)15)22(19,20)14-8-21(17,18)7-13(14)16-10-2-3-10/h4-6,10,13-14,16H,2-3,7-8H2,1H3/t13-,14-/m1/s1. The van der Waals surface area contributed by atoms with Crippen molar-refractivity contribution in [2.75, 3.05) is 11.5 Å². The number of halogens is 1. The zero-order valence-corrected chi connectivity index (χ0v) is 13.8. The van der Waals surface area contributed by atoms with Crippen molar-refractivity contribution in [2.45, 2.75) is 42.0 Å². The van der Waals surface area contributed by atoms with E-state index in [0.29, 0.717) is 0 Å². The maximum atomic E-state index is 13.3. The molecule has 1 heterocycles. The molecular formula is C14H18FNO4S2. The van der Waals surface area contributed by atoms with Gasteiger partial charge in [-0.05, 0) is 43.5 Å². The van der Waals surface area contributed by atoms with Crippen LogP contribution >= 0.6 is 0 Å². The minimum Gasteiger partial charge on any atom is -0.309 e. The van der Waals surface area contributed by atoms with E-state index in [2.05, 4.69) is 5.32 Å². The van der Waals surface area contributed by atoms with Crippen LogP contribution < -0.4 is 5.32 Å². The van der Waals surface area contributed by atoms with E-state index in [4.69, 9.17) is 0 Å². The van der Waals surface area contributed by atoms with Gasteiger partial charge in [0.25, 0.3) is 0 Å². The molecule has 3 rings (SSSR count). The summed E-state index contributed by atoms with van der Waals surface area (Å²) < 4.78 is 62.7. The van der Waals surface area contributed by atoms with E-state index in [-0.39, 0.29) is 28.0 Å². The summed E-state index contributed by atoms with van der Waals surface area (Å²) in [6.07, 6.45) is 1.89. The third-order valence-electron chi connectivity index (χ3n) is 4.18. The summed E-state index contributed by atoms with van der Waals surface area (Å²) in [5.74, 6) is -1.02. The number of nitrogens with one attached hydrogen (secondary N) is 1. The molecule has 2 aliphatic rings. The van der Waals surface area contributed by atoms with Gasteiger partial charge < -0.3 is 5.32 Å². The second-order valence-electron chi connectivity index (χ2n) is 6.12. The Balaban J connectivity index is 1.96. The third-order valence-corrected chi connectivity index (χ3v) is 8.33. The van der Waals surface area contributed by atoms with Crippen molar-refractivity contribution in [1.29, 1.82) is 0 Å². The topological polar surface area (TPSA) is 80.3 Å². The van der Waals surface area contributed by atoms with Gasteiger partial charge in [-0.15, -0.1) is 0 Å². The normalized spacial score (nSPS) is 27.9. The summed E-state index contributed by atoms with van der Waals surface area (Å²) in [6.45, 7) is 1.49. The molecule has 2 atom stereocenters. The average Bonchev–Trinajstić information content (AvgIpc) is 3.16. The summed E-state index contributed by atoms with van der Waals surface area (Å²) in [5.41, 5.74) is 0.230. The van der Waals surface area contributed by atoms with Crippen molar-refractivity contribution in [3.05, 3.63) is 29.6 Å². The Morgan fingerprint density at radius 3 is 2.50 bits per heavy atom. The molecule has 1 aromatic carbocycles. The number of rotatable bonds is 4. The monoisotopic (exact) mass is 347 g/mol. The van der Waals surface area contributed by atoms with Crippen LogP contribution in [0.3, 0.4) is 0 Å². The molecule has 1 saturated carbocycles. The Morgan fingerprint density at radius 1 is 1.23 bits per heavy atom. The SMILES string of the molecule is Cc1cc(S(=O)(=O)[C@@H]2CS(=O)(=O)C[C@H]2NC2CC2)ccc1F. The van der Waals surface area contributed by atoms with E-state index < -0.39 is 36.8 Å². The maximum Gasteiger partial charge on any atom is 0.183 e. The van der Waals surface area contributed by atoms with Crippen LogP contribution in [0.25, 0.3) is 0 Å². The van der Waals surface area contributed by atoms with Crippen molar-refractivity contribution in [1.82, 2.24) is 5.32 Å². The highest BCUT2D eigenvalue weighted by atomic mass is 32.2. The molecule has 0 unspecified atom stereocenters. The predicted octanol–water partition coefficient (Wildman–Crippen LogP) is 0.825. The lowest BCUT2D eigenvalue weighted by atomic mass is 10.2. The molecular weight excluding hydrogens is 329 g/mol. The molecule has 0 amide bonds. The molecule has 2 fully saturated rings. The highest BCUT2D eigenvalue weighted by Gasteiger charge is 2.47. The lowest BCUT2D eigenvalue weighted by Gasteiger charge is -2.20. The summed E-state index contributed by atoms with van der Waals surface area (Å²) in [4.78, 5) is -0.0175. The van der Waals surface area contributed by atoms with Crippen molar-refractivity contribution in [3.63, 3.8) is 0 Å². The van der Waals surface area contributed by atoms with E-state index in [1.807, 2.05) is 0 Å². The van der Waals surface area contributed by atoms with Gasteiger partial charge >= 0.3 is 0 Å². The van der Waals surface area contributed by atoms with E-state index in [9.17, 15) is 21.2 Å². The summed E-state index contributed by atoms with van der Waals surface area (Å²) >= 11 is 0. The van der Waals surface area contributed by atoms with Crippen LogP contribution in [0.15, 0.2) is 23.1 Å². The quantitative estimate of drug-likeness (QED) is 0.816. The Hall–Kier alpha value is -0.990. The zero-order chi connectivity index (χ0) is 16.1. The molecule has 0 radical (unpaired) electrons. The van der Waals surface area contributed by atoms with Crippen LogP contribution in [0.1, 0.15) is 18.4 Å². The molecule has 0 bridgehead atoms. The van der Waals surface area contributed by atoms with Gasteiger partial charge in [0.15, 0.2) is 19.7 Å². The van der Waals surface area contributed by atoms with Crippen LogP contribution in [0.5, 0.6) is 0 Å². The number of hydrogen-bond donors (Lipinski definition) is 1. The molecule has 1 aromatic rings. The first-order chi connectivity index (χ1) is 10.2. The third kappa shape index (κ3) is 3.04. The van der Waals surface area contributed by atoms with Gasteiger partial charge in [-0.1, -0.05) is 0 Å². The Bertz CT molecular complexity index is 800. The Morgan fingerprint density at radius 2 is 1.91 bits per heavy atom. The van der Waals surface area contributed by atoms with Crippen molar-refractivity contribution in [3.8, 4) is 0 Å². The van der Waals surface area contributed by atoms with Gasteiger partial charge in [-0.3, -0.25) is 0 Å². The highest BCUT2D eigenvalue weighted by Crippen LogP contribution is 2.29. The first-order valence-corrected chi connectivity index (χ1v) is 10.5. The first kappa shape index (κ1) is 15.9. The van der Waals surface area contributed by atoms with Gasteiger partial charge in [0, 0.05) is 12.1 Å². The molecule has 1 aliphatic carbocycles. The van der Waals surface area contributed by atoms with E-state index in [1.165, 1.54) is 19.1 Å². The fraction of sp³-hybridized carbons (Fsp3) is 0.571. The van der Waals surface area contributed by atoms with Crippen molar-refractivity contribution in [2.24, 2.45) is 0 Å². The zero-order valence-electron chi connectivity index (χ0n) is 12.1.